The Labute approximate surface area is 102 Å². The van der Waals surface area contributed by atoms with Crippen molar-refractivity contribution in [2.75, 3.05) is 20.1 Å². The first kappa shape index (κ1) is 13.6. The normalized spacial score (nSPS) is 11.8. The van der Waals surface area contributed by atoms with E-state index in [1.165, 1.54) is 5.56 Å². The molecule has 4 heteroatoms. The number of hydrogen-bond acceptors (Lipinski definition) is 3. The molecule has 0 fully saturated rings. The molecule has 0 unspecified atom stereocenters. The first-order chi connectivity index (χ1) is 7.92. The highest BCUT2D eigenvalue weighted by Crippen LogP contribution is 2.16. The van der Waals surface area contributed by atoms with E-state index in [9.17, 15) is 4.79 Å². The summed E-state index contributed by atoms with van der Waals surface area (Å²) >= 11 is 0. The summed E-state index contributed by atoms with van der Waals surface area (Å²) in [4.78, 5) is 17.0. The van der Waals surface area contributed by atoms with Gasteiger partial charge in [-0.1, -0.05) is 0 Å². The molecule has 0 aliphatic carbocycles. The van der Waals surface area contributed by atoms with Crippen LogP contribution >= 0.6 is 0 Å². The lowest BCUT2D eigenvalue weighted by atomic mass is 9.93. The third-order valence-electron chi connectivity index (χ3n) is 2.78. The van der Waals surface area contributed by atoms with Crippen molar-refractivity contribution < 1.29 is 9.90 Å². The van der Waals surface area contributed by atoms with E-state index in [0.29, 0.717) is 6.54 Å². The molecule has 0 spiro atoms. The Morgan fingerprint density at radius 3 is 2.53 bits per heavy atom. The molecular weight excluding hydrogens is 216 g/mol. The first-order valence-corrected chi connectivity index (χ1v) is 5.72. The number of nitrogens with zero attached hydrogens (tertiary/aromatic N) is 2. The number of pyridine rings is 1. The Bertz CT molecular complexity index is 363. The molecule has 0 atom stereocenters. The molecule has 0 radical (unpaired) electrons. The van der Waals surface area contributed by atoms with E-state index >= 15 is 0 Å². The number of carboxylic acid groups (broad SMARTS) is 1. The molecule has 1 N–H and O–H groups in total. The lowest BCUT2D eigenvalue weighted by Crippen LogP contribution is -2.38. The molecule has 1 rings (SSSR count). The number of carboxylic acids is 1. The second-order valence-electron chi connectivity index (χ2n) is 5.03. The highest BCUT2D eigenvalue weighted by molar-refractivity contribution is 5.73. The van der Waals surface area contributed by atoms with Crippen LogP contribution in [0.25, 0.3) is 0 Å². The molecule has 17 heavy (non-hydrogen) atoms. The Morgan fingerprint density at radius 1 is 1.41 bits per heavy atom. The zero-order valence-corrected chi connectivity index (χ0v) is 10.7. The van der Waals surface area contributed by atoms with E-state index in [4.69, 9.17) is 5.11 Å². The van der Waals surface area contributed by atoms with Crippen molar-refractivity contribution in [3.05, 3.63) is 30.1 Å². The van der Waals surface area contributed by atoms with E-state index in [1.807, 2.05) is 19.2 Å². The SMILES string of the molecule is CN(CCc1ccncc1)CC(C)(C)C(=O)O. The molecule has 94 valence electrons. The molecule has 0 aliphatic heterocycles. The number of rotatable bonds is 6. The quantitative estimate of drug-likeness (QED) is 0.816. The fourth-order valence-electron chi connectivity index (χ4n) is 1.69. The maximum Gasteiger partial charge on any atom is 0.310 e. The summed E-state index contributed by atoms with van der Waals surface area (Å²) in [6.07, 6.45) is 4.46. The van der Waals surface area contributed by atoms with Crippen molar-refractivity contribution in [3.63, 3.8) is 0 Å². The van der Waals surface area contributed by atoms with Crippen molar-refractivity contribution in [1.29, 1.82) is 0 Å². The Kier molecular flexibility index (Phi) is 4.63. The smallest absolute Gasteiger partial charge is 0.310 e. The number of aliphatic carboxylic acids is 1. The molecular formula is C13H20N2O2. The van der Waals surface area contributed by atoms with Crippen LogP contribution in [0.15, 0.2) is 24.5 Å². The van der Waals surface area contributed by atoms with Crippen molar-refractivity contribution in [2.24, 2.45) is 5.41 Å². The number of carbonyl (C=O) groups is 1. The van der Waals surface area contributed by atoms with Gasteiger partial charge in [-0.05, 0) is 45.0 Å². The van der Waals surface area contributed by atoms with Crippen LogP contribution in [0.4, 0.5) is 0 Å². The Morgan fingerprint density at radius 2 is 2.00 bits per heavy atom. The van der Waals surface area contributed by atoms with E-state index < -0.39 is 11.4 Å². The van der Waals surface area contributed by atoms with Gasteiger partial charge in [0.2, 0.25) is 0 Å². The largest absolute Gasteiger partial charge is 0.481 e. The molecule has 0 aliphatic rings. The second kappa shape index (κ2) is 5.77. The third-order valence-corrected chi connectivity index (χ3v) is 2.78. The Balaban J connectivity index is 2.41. The molecule has 1 aromatic rings. The van der Waals surface area contributed by atoms with E-state index in [2.05, 4.69) is 9.88 Å². The van der Waals surface area contributed by atoms with Gasteiger partial charge < -0.3 is 10.0 Å². The highest BCUT2D eigenvalue weighted by atomic mass is 16.4. The van der Waals surface area contributed by atoms with Gasteiger partial charge in [0.15, 0.2) is 0 Å². The molecule has 0 saturated heterocycles. The summed E-state index contributed by atoms with van der Waals surface area (Å²) in [6, 6.07) is 3.96. The van der Waals surface area contributed by atoms with Gasteiger partial charge >= 0.3 is 5.97 Å². The van der Waals surface area contributed by atoms with Crippen LogP contribution in [0, 0.1) is 5.41 Å². The summed E-state index contributed by atoms with van der Waals surface area (Å²) in [5.41, 5.74) is 0.521. The van der Waals surface area contributed by atoms with Gasteiger partial charge in [-0.15, -0.1) is 0 Å². The summed E-state index contributed by atoms with van der Waals surface area (Å²) in [7, 11) is 1.95. The average molecular weight is 236 g/mol. The Hall–Kier alpha value is -1.42. The van der Waals surface area contributed by atoms with E-state index in [-0.39, 0.29) is 0 Å². The molecule has 0 bridgehead atoms. The van der Waals surface area contributed by atoms with Gasteiger partial charge in [0, 0.05) is 25.5 Å². The topological polar surface area (TPSA) is 53.4 Å². The minimum absolute atomic E-state index is 0.549. The van der Waals surface area contributed by atoms with Crippen LogP contribution in [-0.2, 0) is 11.2 Å². The van der Waals surface area contributed by atoms with Crippen molar-refractivity contribution in [1.82, 2.24) is 9.88 Å². The molecule has 4 nitrogen and oxygen atoms in total. The molecule has 0 aromatic carbocycles. The van der Waals surface area contributed by atoms with Crippen molar-refractivity contribution in [3.8, 4) is 0 Å². The number of aromatic nitrogens is 1. The first-order valence-electron chi connectivity index (χ1n) is 5.72. The van der Waals surface area contributed by atoms with Gasteiger partial charge in [-0.2, -0.15) is 0 Å². The van der Waals surface area contributed by atoms with Gasteiger partial charge in [0.25, 0.3) is 0 Å². The van der Waals surface area contributed by atoms with Gasteiger partial charge in [-0.25, -0.2) is 0 Å². The molecule has 0 saturated carbocycles. The minimum Gasteiger partial charge on any atom is -0.481 e. The molecule has 0 amide bonds. The van der Waals surface area contributed by atoms with E-state index in [0.717, 1.165) is 13.0 Å². The summed E-state index contributed by atoms with van der Waals surface area (Å²) in [5, 5.41) is 9.04. The fourth-order valence-corrected chi connectivity index (χ4v) is 1.69. The predicted octanol–water partition coefficient (Wildman–Crippen LogP) is 1.67. The summed E-state index contributed by atoms with van der Waals surface area (Å²) < 4.78 is 0. The van der Waals surface area contributed by atoms with Crippen molar-refractivity contribution >= 4 is 5.97 Å². The molecule has 1 aromatic heterocycles. The standard InChI is InChI=1S/C13H20N2O2/c1-13(2,12(16)17)10-15(3)9-6-11-4-7-14-8-5-11/h4-5,7-8H,6,9-10H2,1-3H3,(H,16,17). The maximum atomic E-state index is 11.0. The third kappa shape index (κ3) is 4.53. The van der Waals surface area contributed by atoms with Gasteiger partial charge in [0.1, 0.15) is 0 Å². The van der Waals surface area contributed by atoms with Crippen LogP contribution in [-0.4, -0.2) is 41.1 Å². The lowest BCUT2D eigenvalue weighted by molar-refractivity contribution is -0.147. The van der Waals surface area contributed by atoms with Crippen LogP contribution in [0.5, 0.6) is 0 Å². The van der Waals surface area contributed by atoms with Crippen LogP contribution in [0.2, 0.25) is 0 Å². The van der Waals surface area contributed by atoms with Crippen LogP contribution < -0.4 is 0 Å². The van der Waals surface area contributed by atoms with Crippen LogP contribution in [0.3, 0.4) is 0 Å². The second-order valence-corrected chi connectivity index (χ2v) is 5.03. The number of likely N-dealkylation sites (N-methyl/N-ethyl adjacent to an activating group) is 1. The van der Waals surface area contributed by atoms with Crippen LogP contribution in [0.1, 0.15) is 19.4 Å². The molecule has 1 heterocycles. The summed E-state index contributed by atoms with van der Waals surface area (Å²) in [5.74, 6) is -0.756. The van der Waals surface area contributed by atoms with Crippen molar-refractivity contribution in [2.45, 2.75) is 20.3 Å². The minimum atomic E-state index is -0.756. The van der Waals surface area contributed by atoms with Gasteiger partial charge in [0.05, 0.1) is 5.41 Å². The summed E-state index contributed by atoms with van der Waals surface area (Å²) in [6.45, 7) is 4.89. The maximum absolute atomic E-state index is 11.0. The zero-order chi connectivity index (χ0) is 12.9. The highest BCUT2D eigenvalue weighted by Gasteiger charge is 2.28. The van der Waals surface area contributed by atoms with Gasteiger partial charge in [-0.3, -0.25) is 9.78 Å². The zero-order valence-electron chi connectivity index (χ0n) is 10.7. The predicted molar refractivity (Wildman–Crippen MR) is 66.9 cm³/mol. The fraction of sp³-hybridized carbons (Fsp3) is 0.538. The lowest BCUT2D eigenvalue weighted by Gasteiger charge is -2.26. The van der Waals surface area contributed by atoms with E-state index in [1.54, 1.807) is 26.2 Å². The number of hydrogen-bond donors (Lipinski definition) is 1. The average Bonchev–Trinajstić information content (AvgIpc) is 2.27. The monoisotopic (exact) mass is 236 g/mol.